The average Bonchev–Trinajstić information content (AvgIpc) is 2.92. The summed E-state index contributed by atoms with van der Waals surface area (Å²) in [6.45, 7) is 3.80. The second kappa shape index (κ2) is 11.1. The minimum Gasteiger partial charge on any atom is -0.497 e. The molecule has 0 unspecified atom stereocenters. The van der Waals surface area contributed by atoms with E-state index in [4.69, 9.17) is 9.47 Å². The SMILES string of the molecule is CCc1ccc(-n2nc(N3CCC[C@@H](C(=O)NCc4ccc(OC)cc4OC)C3)ccc2=O)cc1. The largest absolute Gasteiger partial charge is 0.497 e. The quantitative estimate of drug-likeness (QED) is 0.537. The minimum absolute atomic E-state index is 0.00366. The molecule has 1 saturated heterocycles. The van der Waals surface area contributed by atoms with E-state index in [-0.39, 0.29) is 17.4 Å². The fourth-order valence-electron chi connectivity index (χ4n) is 4.35. The zero-order chi connectivity index (χ0) is 24.8. The molecule has 2 heterocycles. The van der Waals surface area contributed by atoms with Gasteiger partial charge in [0.15, 0.2) is 0 Å². The van der Waals surface area contributed by atoms with E-state index in [1.807, 2.05) is 36.4 Å². The first-order chi connectivity index (χ1) is 17.0. The molecule has 1 aliphatic rings. The summed E-state index contributed by atoms with van der Waals surface area (Å²) in [7, 11) is 3.21. The molecule has 1 N–H and O–H groups in total. The van der Waals surface area contributed by atoms with Crippen LogP contribution in [0.15, 0.2) is 59.4 Å². The Balaban J connectivity index is 1.44. The molecule has 0 aliphatic carbocycles. The predicted molar refractivity (Wildman–Crippen MR) is 136 cm³/mol. The lowest BCUT2D eigenvalue weighted by molar-refractivity contribution is -0.125. The summed E-state index contributed by atoms with van der Waals surface area (Å²) in [4.78, 5) is 27.6. The van der Waals surface area contributed by atoms with Crippen molar-refractivity contribution in [1.82, 2.24) is 15.1 Å². The number of nitrogens with zero attached hydrogens (tertiary/aromatic N) is 3. The van der Waals surface area contributed by atoms with Gasteiger partial charge in [0, 0.05) is 37.3 Å². The van der Waals surface area contributed by atoms with Crippen LogP contribution in [0, 0.1) is 5.92 Å². The standard InChI is InChI=1S/C27H32N4O4/c1-4-19-7-10-22(11-8-19)31-26(32)14-13-25(29-31)30-15-5-6-21(18-30)27(33)28-17-20-9-12-23(34-2)16-24(20)35-3/h7-14,16,21H,4-6,15,17-18H2,1-3H3,(H,28,33)/t21-/m1/s1. The third-order valence-electron chi connectivity index (χ3n) is 6.44. The second-order valence-electron chi connectivity index (χ2n) is 8.64. The monoisotopic (exact) mass is 476 g/mol. The summed E-state index contributed by atoms with van der Waals surface area (Å²) in [5.74, 6) is 1.90. The maximum atomic E-state index is 13.0. The highest BCUT2D eigenvalue weighted by atomic mass is 16.5. The molecule has 0 saturated carbocycles. The summed E-state index contributed by atoms with van der Waals surface area (Å²) < 4.78 is 12.1. The number of aromatic nitrogens is 2. The normalized spacial score (nSPS) is 15.5. The predicted octanol–water partition coefficient (Wildman–Crippen LogP) is 3.34. The number of methoxy groups -OCH3 is 2. The van der Waals surface area contributed by atoms with Gasteiger partial charge in [0.1, 0.15) is 17.3 Å². The molecular formula is C27H32N4O4. The van der Waals surface area contributed by atoms with Crippen molar-refractivity contribution in [2.45, 2.75) is 32.7 Å². The number of amides is 1. The van der Waals surface area contributed by atoms with Crippen LogP contribution >= 0.6 is 0 Å². The van der Waals surface area contributed by atoms with E-state index in [1.165, 1.54) is 16.3 Å². The zero-order valence-corrected chi connectivity index (χ0v) is 20.5. The van der Waals surface area contributed by atoms with Gasteiger partial charge in [0.25, 0.3) is 5.56 Å². The molecule has 3 aromatic rings. The van der Waals surface area contributed by atoms with Crippen LogP contribution < -0.4 is 25.2 Å². The second-order valence-corrected chi connectivity index (χ2v) is 8.64. The molecule has 1 amide bonds. The van der Waals surface area contributed by atoms with Crippen LogP contribution in [-0.2, 0) is 17.8 Å². The summed E-state index contributed by atoms with van der Waals surface area (Å²) >= 11 is 0. The van der Waals surface area contributed by atoms with Crippen molar-refractivity contribution in [3.05, 3.63) is 76.1 Å². The van der Waals surface area contributed by atoms with E-state index in [0.717, 1.165) is 37.1 Å². The Morgan fingerprint density at radius 3 is 2.60 bits per heavy atom. The topological polar surface area (TPSA) is 85.7 Å². The van der Waals surface area contributed by atoms with Gasteiger partial charge in [-0.25, -0.2) is 0 Å². The Kier molecular flexibility index (Phi) is 7.70. The van der Waals surface area contributed by atoms with Crippen LogP contribution in [0.1, 0.15) is 30.9 Å². The van der Waals surface area contributed by atoms with Crippen molar-refractivity contribution < 1.29 is 14.3 Å². The lowest BCUT2D eigenvalue weighted by Crippen LogP contribution is -2.43. The van der Waals surface area contributed by atoms with E-state index in [0.29, 0.717) is 30.4 Å². The highest BCUT2D eigenvalue weighted by Crippen LogP contribution is 2.25. The summed E-state index contributed by atoms with van der Waals surface area (Å²) in [6.07, 6.45) is 2.61. The van der Waals surface area contributed by atoms with Crippen molar-refractivity contribution >= 4 is 11.7 Å². The van der Waals surface area contributed by atoms with Gasteiger partial charge in [-0.2, -0.15) is 4.68 Å². The van der Waals surface area contributed by atoms with Crippen LogP contribution in [0.25, 0.3) is 5.69 Å². The van der Waals surface area contributed by atoms with Crippen molar-refractivity contribution in [2.75, 3.05) is 32.2 Å². The number of nitrogens with one attached hydrogen (secondary N) is 1. The van der Waals surface area contributed by atoms with Gasteiger partial charge in [-0.05, 0) is 55.2 Å². The molecule has 1 aromatic heterocycles. The molecular weight excluding hydrogens is 444 g/mol. The molecule has 8 nitrogen and oxygen atoms in total. The molecule has 35 heavy (non-hydrogen) atoms. The number of hydrogen-bond acceptors (Lipinski definition) is 6. The van der Waals surface area contributed by atoms with Crippen LogP contribution in [-0.4, -0.2) is 43.0 Å². The van der Waals surface area contributed by atoms with Gasteiger partial charge in [0.05, 0.1) is 25.8 Å². The van der Waals surface area contributed by atoms with Crippen LogP contribution in [0.3, 0.4) is 0 Å². The molecule has 4 rings (SSSR count). The molecule has 1 fully saturated rings. The Labute approximate surface area is 205 Å². The number of hydrogen-bond donors (Lipinski definition) is 1. The summed E-state index contributed by atoms with van der Waals surface area (Å²) in [5, 5.41) is 7.67. The molecule has 0 spiro atoms. The molecule has 1 atom stereocenters. The number of aryl methyl sites for hydroxylation is 1. The van der Waals surface area contributed by atoms with Gasteiger partial charge in [-0.1, -0.05) is 19.1 Å². The average molecular weight is 477 g/mol. The van der Waals surface area contributed by atoms with Gasteiger partial charge in [-0.3, -0.25) is 9.59 Å². The summed E-state index contributed by atoms with van der Waals surface area (Å²) in [6, 6.07) is 16.7. The number of carbonyl (C=O) groups excluding carboxylic acids is 1. The third kappa shape index (κ3) is 5.65. The zero-order valence-electron chi connectivity index (χ0n) is 20.5. The Morgan fingerprint density at radius 2 is 1.89 bits per heavy atom. The Morgan fingerprint density at radius 1 is 1.09 bits per heavy atom. The first kappa shape index (κ1) is 24.3. The first-order valence-corrected chi connectivity index (χ1v) is 12.0. The molecule has 2 aromatic carbocycles. The fraction of sp³-hybridized carbons (Fsp3) is 0.370. The van der Waals surface area contributed by atoms with Crippen LogP contribution in [0.5, 0.6) is 11.5 Å². The maximum Gasteiger partial charge on any atom is 0.271 e. The highest BCUT2D eigenvalue weighted by molar-refractivity contribution is 5.79. The van der Waals surface area contributed by atoms with Crippen LogP contribution in [0.4, 0.5) is 5.82 Å². The lowest BCUT2D eigenvalue weighted by atomic mass is 9.97. The third-order valence-corrected chi connectivity index (χ3v) is 6.44. The number of benzene rings is 2. The smallest absolute Gasteiger partial charge is 0.271 e. The number of carbonyl (C=O) groups is 1. The van der Waals surface area contributed by atoms with Crippen molar-refractivity contribution in [1.29, 1.82) is 0 Å². The molecule has 8 heteroatoms. The fourth-order valence-corrected chi connectivity index (χ4v) is 4.35. The van der Waals surface area contributed by atoms with Crippen molar-refractivity contribution in [2.24, 2.45) is 5.92 Å². The number of ether oxygens (including phenoxy) is 2. The molecule has 184 valence electrons. The highest BCUT2D eigenvalue weighted by Gasteiger charge is 2.27. The maximum absolute atomic E-state index is 13.0. The van der Waals surface area contributed by atoms with Crippen molar-refractivity contribution in [3.63, 3.8) is 0 Å². The minimum atomic E-state index is -0.183. The van der Waals surface area contributed by atoms with Gasteiger partial charge < -0.3 is 19.7 Å². The van der Waals surface area contributed by atoms with Crippen LogP contribution in [0.2, 0.25) is 0 Å². The first-order valence-electron chi connectivity index (χ1n) is 12.0. The number of rotatable bonds is 8. The van der Waals surface area contributed by atoms with E-state index >= 15 is 0 Å². The van der Waals surface area contributed by atoms with Gasteiger partial charge in [-0.15, -0.1) is 5.10 Å². The Hall–Kier alpha value is -3.81. The lowest BCUT2D eigenvalue weighted by Gasteiger charge is -2.33. The molecule has 0 bridgehead atoms. The van der Waals surface area contributed by atoms with E-state index in [2.05, 4.69) is 22.2 Å². The van der Waals surface area contributed by atoms with Gasteiger partial charge >= 0.3 is 0 Å². The molecule has 0 radical (unpaired) electrons. The van der Waals surface area contributed by atoms with E-state index in [1.54, 1.807) is 26.4 Å². The summed E-state index contributed by atoms with van der Waals surface area (Å²) in [5.41, 5.74) is 2.64. The number of piperidine rings is 1. The Bertz CT molecular complexity index is 1220. The number of anilines is 1. The van der Waals surface area contributed by atoms with Gasteiger partial charge in [0.2, 0.25) is 5.91 Å². The van der Waals surface area contributed by atoms with Crippen molar-refractivity contribution in [3.8, 4) is 17.2 Å². The molecule has 1 aliphatic heterocycles. The van der Waals surface area contributed by atoms with E-state index in [9.17, 15) is 9.59 Å². The van der Waals surface area contributed by atoms with E-state index < -0.39 is 0 Å².